The molecule has 120 valence electrons. The smallest absolute Gasteiger partial charge is 0.0995 e. The number of fused-ring (bicyclic) bond motifs is 2. The van der Waals surface area contributed by atoms with E-state index in [2.05, 4.69) is 74.8 Å². The molecule has 1 fully saturated rings. The van der Waals surface area contributed by atoms with Crippen molar-refractivity contribution in [2.24, 2.45) is 0 Å². The van der Waals surface area contributed by atoms with Crippen LogP contribution in [0.1, 0.15) is 42.8 Å². The number of benzene rings is 1. The van der Waals surface area contributed by atoms with Gasteiger partial charge in [-0.3, -0.25) is 4.98 Å². The topological polar surface area (TPSA) is 19.4 Å². The minimum atomic E-state index is 0.0389. The molecule has 1 unspecified atom stereocenters. The van der Waals surface area contributed by atoms with Gasteiger partial charge in [0.2, 0.25) is 0 Å². The molecule has 3 heteroatoms. The summed E-state index contributed by atoms with van der Waals surface area (Å²) < 4.78 is 0. The van der Waals surface area contributed by atoms with E-state index in [1.165, 1.54) is 22.5 Å². The Kier molecular flexibility index (Phi) is 2.99. The molecule has 2 atom stereocenters. The highest BCUT2D eigenvalue weighted by atomic mass is 15.4. The third-order valence-corrected chi connectivity index (χ3v) is 5.72. The van der Waals surface area contributed by atoms with Gasteiger partial charge in [0.1, 0.15) is 0 Å². The molecule has 2 bridgehead atoms. The van der Waals surface area contributed by atoms with Crippen molar-refractivity contribution in [2.75, 3.05) is 16.3 Å². The van der Waals surface area contributed by atoms with E-state index in [1.54, 1.807) is 0 Å². The third-order valence-electron chi connectivity index (χ3n) is 5.72. The van der Waals surface area contributed by atoms with Crippen LogP contribution in [0.4, 0.5) is 11.4 Å². The zero-order valence-electron chi connectivity index (χ0n) is 14.7. The average Bonchev–Trinajstić information content (AvgIpc) is 2.49. The number of nitrogens with zero attached hydrogens (tertiary/aromatic N) is 3. The van der Waals surface area contributed by atoms with Crippen molar-refractivity contribution in [3.05, 3.63) is 52.8 Å². The second kappa shape index (κ2) is 4.73. The van der Waals surface area contributed by atoms with Crippen LogP contribution < -0.4 is 9.80 Å². The third kappa shape index (κ3) is 1.85. The second-order valence-electron chi connectivity index (χ2n) is 7.25. The van der Waals surface area contributed by atoms with Crippen LogP contribution in [-0.4, -0.2) is 17.7 Å². The highest BCUT2D eigenvalue weighted by Gasteiger charge is 2.50. The van der Waals surface area contributed by atoms with E-state index in [-0.39, 0.29) is 5.54 Å². The minimum Gasteiger partial charge on any atom is -0.351 e. The molecule has 5 rings (SSSR count). The van der Waals surface area contributed by atoms with Crippen LogP contribution in [0, 0.1) is 20.8 Å². The molecule has 0 aliphatic carbocycles. The van der Waals surface area contributed by atoms with Gasteiger partial charge in [-0.05, 0) is 58.7 Å². The number of hydrogen-bond acceptors (Lipinski definition) is 3. The summed E-state index contributed by atoms with van der Waals surface area (Å²) in [6, 6.07) is 11.1. The summed E-state index contributed by atoms with van der Waals surface area (Å²) in [5, 5.41) is 0. The summed E-state index contributed by atoms with van der Waals surface area (Å²) in [5.74, 6) is 0. The molecular formula is C20H25N3. The zero-order valence-corrected chi connectivity index (χ0v) is 14.7. The van der Waals surface area contributed by atoms with E-state index in [4.69, 9.17) is 4.98 Å². The number of anilines is 2. The Bertz CT molecular complexity index is 759. The van der Waals surface area contributed by atoms with Gasteiger partial charge in [0, 0.05) is 23.5 Å². The van der Waals surface area contributed by atoms with Gasteiger partial charge in [0.05, 0.1) is 23.1 Å². The molecule has 3 aliphatic rings. The highest BCUT2D eigenvalue weighted by molar-refractivity contribution is 5.71. The summed E-state index contributed by atoms with van der Waals surface area (Å²) in [4.78, 5) is 9.90. The lowest BCUT2D eigenvalue weighted by atomic mass is 9.77. The van der Waals surface area contributed by atoms with Gasteiger partial charge >= 0.3 is 0 Å². The number of aryl methyl sites for hydroxylation is 3. The van der Waals surface area contributed by atoms with Gasteiger partial charge in [-0.2, -0.15) is 0 Å². The predicted octanol–water partition coefficient (Wildman–Crippen LogP) is 4.30. The number of pyridine rings is 1. The molecule has 1 aromatic carbocycles. The van der Waals surface area contributed by atoms with Gasteiger partial charge in [-0.15, -0.1) is 0 Å². The summed E-state index contributed by atoms with van der Waals surface area (Å²) in [6.45, 7) is 12.3. The molecule has 0 saturated carbocycles. The number of aromatic nitrogens is 1. The van der Waals surface area contributed by atoms with E-state index in [9.17, 15) is 0 Å². The Hall–Kier alpha value is -2.03. The van der Waals surface area contributed by atoms with Gasteiger partial charge in [-0.25, -0.2) is 0 Å². The molecule has 4 heterocycles. The zero-order chi connectivity index (χ0) is 16.4. The van der Waals surface area contributed by atoms with E-state index >= 15 is 0 Å². The quantitative estimate of drug-likeness (QED) is 0.783. The minimum absolute atomic E-state index is 0.0389. The van der Waals surface area contributed by atoms with E-state index in [0.717, 1.165) is 24.4 Å². The molecule has 23 heavy (non-hydrogen) atoms. The van der Waals surface area contributed by atoms with E-state index < -0.39 is 0 Å². The van der Waals surface area contributed by atoms with E-state index in [0.29, 0.717) is 6.17 Å². The lowest BCUT2D eigenvalue weighted by molar-refractivity contribution is 0.293. The Morgan fingerprint density at radius 1 is 1.17 bits per heavy atom. The lowest BCUT2D eigenvalue weighted by Gasteiger charge is -2.61. The monoisotopic (exact) mass is 307 g/mol. The van der Waals surface area contributed by atoms with Crippen molar-refractivity contribution in [3.63, 3.8) is 0 Å². The Morgan fingerprint density at radius 2 is 1.91 bits per heavy atom. The summed E-state index contributed by atoms with van der Waals surface area (Å²) >= 11 is 0. The van der Waals surface area contributed by atoms with Crippen molar-refractivity contribution in [2.45, 2.75) is 52.7 Å². The largest absolute Gasteiger partial charge is 0.351 e. The highest BCUT2D eigenvalue weighted by Crippen LogP contribution is 2.51. The summed E-state index contributed by atoms with van der Waals surface area (Å²) in [5.41, 5.74) is 7.77. The van der Waals surface area contributed by atoms with Crippen LogP contribution in [-0.2, 0) is 5.54 Å². The number of rotatable bonds is 1. The molecular weight excluding hydrogens is 282 g/mol. The lowest BCUT2D eigenvalue weighted by Crippen LogP contribution is -2.66. The number of para-hydroxylation sites is 1. The SMILES string of the molecule is Cc1cc(C)c(N2[C@@H](C)N3CCC2(C)c2ccccc23)c(C)n1. The molecule has 1 saturated heterocycles. The van der Waals surface area contributed by atoms with Crippen molar-refractivity contribution in [3.8, 4) is 0 Å². The molecule has 0 radical (unpaired) electrons. The van der Waals surface area contributed by atoms with Crippen molar-refractivity contribution >= 4 is 11.4 Å². The first-order valence-corrected chi connectivity index (χ1v) is 8.54. The molecule has 3 aliphatic heterocycles. The van der Waals surface area contributed by atoms with E-state index in [1.807, 2.05) is 0 Å². The fourth-order valence-electron chi connectivity index (χ4n) is 4.78. The first-order chi connectivity index (χ1) is 10.9. The van der Waals surface area contributed by atoms with Gasteiger partial charge in [0.15, 0.2) is 0 Å². The normalized spacial score (nSPS) is 25.7. The van der Waals surface area contributed by atoms with Crippen molar-refractivity contribution in [1.29, 1.82) is 0 Å². The standard InChI is InChI=1S/C20H25N3/c1-13-12-14(2)21-15(3)19(13)23-16(4)22-11-10-20(23,5)17-8-6-7-9-18(17)22/h6-9,12,16H,10-11H2,1-5H3/t16-,20?/m0/s1. The second-order valence-corrected chi connectivity index (χ2v) is 7.25. The van der Waals surface area contributed by atoms with Crippen LogP contribution in [0.3, 0.4) is 0 Å². The maximum Gasteiger partial charge on any atom is 0.0995 e. The van der Waals surface area contributed by atoms with Crippen LogP contribution in [0.25, 0.3) is 0 Å². The van der Waals surface area contributed by atoms with Crippen molar-refractivity contribution < 1.29 is 0 Å². The first-order valence-electron chi connectivity index (χ1n) is 8.54. The molecule has 0 spiro atoms. The Balaban J connectivity index is 1.95. The predicted molar refractivity (Wildman–Crippen MR) is 96.1 cm³/mol. The summed E-state index contributed by atoms with van der Waals surface area (Å²) in [6.07, 6.45) is 1.51. The fourth-order valence-corrected chi connectivity index (χ4v) is 4.78. The van der Waals surface area contributed by atoms with Gasteiger partial charge in [0.25, 0.3) is 0 Å². The molecule has 0 amide bonds. The van der Waals surface area contributed by atoms with Crippen LogP contribution in [0.5, 0.6) is 0 Å². The first kappa shape index (κ1) is 14.6. The Morgan fingerprint density at radius 3 is 2.65 bits per heavy atom. The maximum absolute atomic E-state index is 4.75. The van der Waals surface area contributed by atoms with Crippen LogP contribution in [0.15, 0.2) is 30.3 Å². The fraction of sp³-hybridized carbons (Fsp3) is 0.450. The van der Waals surface area contributed by atoms with Crippen molar-refractivity contribution in [1.82, 2.24) is 4.98 Å². The number of hydrogen-bond donors (Lipinski definition) is 0. The summed E-state index contributed by atoms with van der Waals surface area (Å²) in [7, 11) is 0. The van der Waals surface area contributed by atoms with Gasteiger partial charge in [-0.1, -0.05) is 18.2 Å². The Labute approximate surface area is 139 Å². The molecule has 3 nitrogen and oxygen atoms in total. The van der Waals surface area contributed by atoms with Crippen LogP contribution >= 0.6 is 0 Å². The van der Waals surface area contributed by atoms with Crippen LogP contribution in [0.2, 0.25) is 0 Å². The molecule has 0 N–H and O–H groups in total. The average molecular weight is 307 g/mol. The molecule has 2 aromatic rings. The van der Waals surface area contributed by atoms with Gasteiger partial charge < -0.3 is 9.80 Å². The maximum atomic E-state index is 4.75. The molecule has 1 aromatic heterocycles.